The van der Waals surface area contributed by atoms with Crippen molar-refractivity contribution in [2.24, 2.45) is 11.8 Å². The Labute approximate surface area is 261 Å². The van der Waals surface area contributed by atoms with Crippen molar-refractivity contribution in [3.8, 4) is 17.2 Å². The third-order valence-corrected chi connectivity index (χ3v) is 11.5. The molecule has 2 aromatic carbocycles. The number of hydrogen-bond donors (Lipinski definition) is 1. The lowest BCUT2D eigenvalue weighted by Gasteiger charge is -2.60. The van der Waals surface area contributed by atoms with Crippen molar-refractivity contribution < 1.29 is 24.2 Å². The van der Waals surface area contributed by atoms with Crippen LogP contribution in [-0.2, 0) is 16.6 Å². The molecule has 5 atom stereocenters. The normalized spacial score (nSPS) is 28.2. The molecule has 3 fully saturated rings. The van der Waals surface area contributed by atoms with E-state index in [0.29, 0.717) is 49.1 Å². The van der Waals surface area contributed by atoms with Crippen molar-refractivity contribution in [3.63, 3.8) is 0 Å². The summed E-state index contributed by atoms with van der Waals surface area (Å²) in [4.78, 5) is 31.5. The van der Waals surface area contributed by atoms with Crippen LogP contribution in [0, 0.1) is 11.8 Å². The average molecular weight is 601 g/mol. The van der Waals surface area contributed by atoms with Gasteiger partial charge in [0.15, 0.2) is 17.3 Å². The maximum atomic E-state index is 14.0. The second-order valence-electron chi connectivity index (χ2n) is 14.0. The molecule has 0 unspecified atom stereocenters. The smallest absolute Gasteiger partial charge is 0.222 e. The molecule has 2 aliphatic heterocycles. The van der Waals surface area contributed by atoms with Crippen molar-refractivity contribution in [2.45, 2.75) is 108 Å². The summed E-state index contributed by atoms with van der Waals surface area (Å²) in [5.74, 6) is 3.33. The predicted molar refractivity (Wildman–Crippen MR) is 170 cm³/mol. The van der Waals surface area contributed by atoms with Crippen LogP contribution >= 0.6 is 0 Å². The molecule has 7 nitrogen and oxygen atoms in total. The van der Waals surface area contributed by atoms with Gasteiger partial charge in [-0.1, -0.05) is 43.7 Å². The second-order valence-corrected chi connectivity index (χ2v) is 14.0. The lowest BCUT2D eigenvalue weighted by atomic mass is 9.50. The summed E-state index contributed by atoms with van der Waals surface area (Å²) >= 11 is 0. The number of methoxy groups -OCH3 is 1. The number of piperidine rings is 1. The number of carbonyl (C=O) groups is 2. The Balaban J connectivity index is 1.14. The molecule has 2 aromatic rings. The Bertz CT molecular complexity index is 1390. The number of amides is 1. The van der Waals surface area contributed by atoms with Crippen LogP contribution in [0.4, 0.5) is 0 Å². The molecule has 44 heavy (non-hydrogen) atoms. The van der Waals surface area contributed by atoms with Crippen LogP contribution in [0.5, 0.6) is 17.2 Å². The molecule has 0 aromatic heterocycles. The van der Waals surface area contributed by atoms with E-state index >= 15 is 0 Å². The maximum Gasteiger partial charge on any atom is 0.222 e. The first-order valence-electron chi connectivity index (χ1n) is 17.2. The minimum Gasteiger partial charge on any atom is -0.508 e. The van der Waals surface area contributed by atoms with E-state index < -0.39 is 0 Å². The van der Waals surface area contributed by atoms with Crippen molar-refractivity contribution in [2.75, 3.05) is 26.7 Å². The van der Waals surface area contributed by atoms with Gasteiger partial charge in [-0.15, -0.1) is 0 Å². The van der Waals surface area contributed by atoms with Crippen molar-refractivity contribution in [1.29, 1.82) is 0 Å². The first kappa shape index (κ1) is 29.6. The number of benzene rings is 2. The molecular formula is C37H48N2O5. The zero-order chi connectivity index (χ0) is 30.4. The largest absolute Gasteiger partial charge is 0.508 e. The highest BCUT2D eigenvalue weighted by atomic mass is 16.5. The number of aromatic hydroxyl groups is 1. The van der Waals surface area contributed by atoms with Gasteiger partial charge in [-0.25, -0.2) is 0 Å². The number of rotatable bonds is 13. The molecule has 1 spiro atoms. The number of ether oxygens (including phenoxy) is 2. The molecule has 1 saturated heterocycles. The fraction of sp³-hybridized carbons (Fsp3) is 0.622. The lowest BCUT2D eigenvalue weighted by molar-refractivity contribution is -0.143. The number of phenolic OH excluding ortho intramolecular Hbond substituents is 1. The SMILES string of the molecule is CCCCN(C(=O)CCCCC(=O)c1ccccc1)[C@H]1CC[C@H]2[C@H]3Cc4c(O)cc(OC)c5c4[C@@]2(CCN3CC2CC2)[C@H]1O5. The predicted octanol–water partition coefficient (Wildman–Crippen LogP) is 6.29. The zero-order valence-corrected chi connectivity index (χ0v) is 26.4. The van der Waals surface area contributed by atoms with E-state index in [2.05, 4.69) is 16.7 Å². The fourth-order valence-electron chi connectivity index (χ4n) is 9.26. The van der Waals surface area contributed by atoms with Crippen molar-refractivity contribution in [1.82, 2.24) is 9.80 Å². The Morgan fingerprint density at radius 1 is 1.09 bits per heavy atom. The number of phenols is 1. The number of nitrogens with zero attached hydrogens (tertiary/aromatic N) is 2. The van der Waals surface area contributed by atoms with Crippen LogP contribution in [0.15, 0.2) is 36.4 Å². The van der Waals surface area contributed by atoms with Gasteiger partial charge in [-0.2, -0.15) is 0 Å². The fourth-order valence-corrected chi connectivity index (χ4v) is 9.26. The van der Waals surface area contributed by atoms with Crippen LogP contribution in [0.25, 0.3) is 0 Å². The van der Waals surface area contributed by atoms with Crippen molar-refractivity contribution in [3.05, 3.63) is 53.1 Å². The second kappa shape index (κ2) is 12.0. The molecule has 2 bridgehead atoms. The van der Waals surface area contributed by atoms with Gasteiger partial charge in [-0.3, -0.25) is 14.5 Å². The zero-order valence-electron chi connectivity index (χ0n) is 26.4. The van der Waals surface area contributed by atoms with E-state index in [-0.39, 0.29) is 29.3 Å². The average Bonchev–Trinajstić information content (AvgIpc) is 3.80. The summed E-state index contributed by atoms with van der Waals surface area (Å²) < 4.78 is 12.8. The third kappa shape index (κ3) is 4.99. The summed E-state index contributed by atoms with van der Waals surface area (Å²) in [5, 5.41) is 11.3. The van der Waals surface area contributed by atoms with Gasteiger partial charge >= 0.3 is 0 Å². The quantitative estimate of drug-likeness (QED) is 0.215. The van der Waals surface area contributed by atoms with Gasteiger partial charge in [-0.05, 0) is 76.2 Å². The Morgan fingerprint density at radius 2 is 1.89 bits per heavy atom. The summed E-state index contributed by atoms with van der Waals surface area (Å²) in [5.41, 5.74) is 2.75. The summed E-state index contributed by atoms with van der Waals surface area (Å²) in [6.07, 6.45) is 10.7. The van der Waals surface area contributed by atoms with Gasteiger partial charge < -0.3 is 19.5 Å². The highest BCUT2D eigenvalue weighted by Gasteiger charge is 2.67. The van der Waals surface area contributed by atoms with Crippen LogP contribution in [0.1, 0.15) is 99.0 Å². The molecule has 1 amide bonds. The van der Waals surface area contributed by atoms with Gasteiger partial charge in [0.1, 0.15) is 11.9 Å². The number of likely N-dealkylation sites (tertiary alicyclic amines) is 1. The van der Waals surface area contributed by atoms with Crippen LogP contribution in [0.2, 0.25) is 0 Å². The first-order chi connectivity index (χ1) is 21.5. The number of Topliss-reactive ketones (excluding diaryl/α,β-unsaturated/α-hetero) is 1. The van der Waals surface area contributed by atoms with Gasteiger partial charge in [0, 0.05) is 60.1 Å². The van der Waals surface area contributed by atoms with Crippen LogP contribution < -0.4 is 9.47 Å². The number of ketones is 1. The Morgan fingerprint density at radius 3 is 2.64 bits per heavy atom. The Hall–Kier alpha value is -3.06. The summed E-state index contributed by atoms with van der Waals surface area (Å²) in [7, 11) is 1.65. The van der Waals surface area contributed by atoms with Gasteiger partial charge in [0.05, 0.1) is 13.2 Å². The lowest BCUT2D eigenvalue weighted by Crippen LogP contribution is -2.69. The van der Waals surface area contributed by atoms with E-state index in [1.807, 2.05) is 30.3 Å². The van der Waals surface area contributed by atoms with E-state index in [1.165, 1.54) is 24.9 Å². The number of carbonyl (C=O) groups excluding carboxylic acids is 2. The van der Waals surface area contributed by atoms with E-state index in [1.54, 1.807) is 13.2 Å². The molecule has 236 valence electrons. The van der Waals surface area contributed by atoms with E-state index in [0.717, 1.165) is 74.4 Å². The minimum atomic E-state index is -0.213. The van der Waals surface area contributed by atoms with Gasteiger partial charge in [0.25, 0.3) is 0 Å². The van der Waals surface area contributed by atoms with E-state index in [4.69, 9.17) is 9.47 Å². The topological polar surface area (TPSA) is 79.3 Å². The van der Waals surface area contributed by atoms with Crippen molar-refractivity contribution >= 4 is 11.7 Å². The highest BCUT2D eigenvalue weighted by Crippen LogP contribution is 2.66. The molecule has 2 heterocycles. The molecule has 3 aliphatic carbocycles. The maximum absolute atomic E-state index is 14.0. The molecular weight excluding hydrogens is 552 g/mol. The number of unbranched alkanes of at least 4 members (excludes halogenated alkanes) is 2. The molecule has 0 radical (unpaired) electrons. The first-order valence-corrected chi connectivity index (χ1v) is 17.2. The standard InChI is InChI=1S/C37H48N2O5/c1-3-4-19-39(33(42)13-9-8-12-30(40)25-10-6-5-7-11-25)28-17-16-27-29-21-26-31(41)22-32(43-2)35-34(26)37(27,36(28)44-35)18-20-38(29)23-24-14-15-24/h5-7,10-11,22,24,27-29,36,41H,3-4,8-9,12-21,23H2,1-2H3/t27-,28-,29+,36-,37-/m0/s1. The molecule has 5 aliphatic rings. The highest BCUT2D eigenvalue weighted by molar-refractivity contribution is 5.96. The third-order valence-electron chi connectivity index (χ3n) is 11.5. The molecule has 7 heteroatoms. The Kier molecular flexibility index (Phi) is 8.11. The summed E-state index contributed by atoms with van der Waals surface area (Å²) in [6.45, 7) is 5.11. The summed E-state index contributed by atoms with van der Waals surface area (Å²) in [6, 6.07) is 11.6. The van der Waals surface area contributed by atoms with Crippen LogP contribution in [0.3, 0.4) is 0 Å². The molecule has 2 saturated carbocycles. The van der Waals surface area contributed by atoms with Gasteiger partial charge in [0.2, 0.25) is 5.91 Å². The molecule has 7 rings (SSSR count). The number of hydrogen-bond acceptors (Lipinski definition) is 6. The minimum absolute atomic E-state index is 0.0166. The monoisotopic (exact) mass is 600 g/mol. The van der Waals surface area contributed by atoms with Crippen LogP contribution in [-0.4, -0.2) is 71.5 Å². The van der Waals surface area contributed by atoms with E-state index in [9.17, 15) is 14.7 Å². The molecule has 1 N–H and O–H groups in total.